The highest BCUT2D eigenvalue weighted by Crippen LogP contribution is 2.43. The maximum atomic E-state index is 15.0. The second kappa shape index (κ2) is 10.5. The topological polar surface area (TPSA) is 93.2 Å². The van der Waals surface area contributed by atoms with Gasteiger partial charge in [0.15, 0.2) is 0 Å². The summed E-state index contributed by atoms with van der Waals surface area (Å²) < 4.78 is 81.8. The average Bonchev–Trinajstić information content (AvgIpc) is 3.58. The highest BCUT2D eigenvalue weighted by Gasteiger charge is 2.46. The normalized spacial score (nSPS) is 16.6. The number of hydroxylamine groups is 1. The molecule has 8 nitrogen and oxygen atoms in total. The lowest BCUT2D eigenvalue weighted by Crippen LogP contribution is -2.53. The summed E-state index contributed by atoms with van der Waals surface area (Å²) in [7, 11) is -4.83. The number of ether oxygens (including phenoxy) is 1. The molecule has 1 heterocycles. The van der Waals surface area contributed by atoms with Crippen molar-refractivity contribution in [3.05, 3.63) is 62.9 Å². The summed E-state index contributed by atoms with van der Waals surface area (Å²) in [5.74, 6) is -5.41. The number of sulfonamides is 1. The quantitative estimate of drug-likeness (QED) is 0.337. The molecule has 0 unspecified atom stereocenters. The fourth-order valence-electron chi connectivity index (χ4n) is 3.95. The van der Waals surface area contributed by atoms with Crippen LogP contribution in [-0.4, -0.2) is 61.3 Å². The number of carbonyl (C=O) groups excluding carboxylic acids is 2. The standard InChI is InChI=1S/C23H20Cl2F4N2O6S/c1-38(34,35)31(37-22(33)23(27,28)29)21(32)19-8-18(12-2-3-12)13(4-20(19)26)9-30-10-17(11-30)36-16-6-14(24)5-15(25)7-16/h4-8,12,17H,2-3,9-11H2,1H3. The molecule has 1 aliphatic heterocycles. The van der Waals surface area contributed by atoms with Crippen LogP contribution in [0.15, 0.2) is 30.3 Å². The summed E-state index contributed by atoms with van der Waals surface area (Å²) in [5, 5.41) is 0.843. The highest BCUT2D eigenvalue weighted by molar-refractivity contribution is 7.88. The Bertz CT molecular complexity index is 1360. The van der Waals surface area contributed by atoms with Crippen LogP contribution in [0.1, 0.15) is 40.2 Å². The molecule has 1 amide bonds. The molecular weight excluding hydrogens is 579 g/mol. The number of halogens is 6. The van der Waals surface area contributed by atoms with Crippen molar-refractivity contribution in [3.8, 4) is 5.75 Å². The van der Waals surface area contributed by atoms with Crippen LogP contribution in [-0.2, 0) is 26.2 Å². The van der Waals surface area contributed by atoms with Gasteiger partial charge in [0.2, 0.25) is 0 Å². The van der Waals surface area contributed by atoms with E-state index in [1.807, 2.05) is 4.90 Å². The second-order valence-corrected chi connectivity index (χ2v) is 11.7. The molecule has 1 saturated heterocycles. The molecule has 38 heavy (non-hydrogen) atoms. The van der Waals surface area contributed by atoms with E-state index in [2.05, 4.69) is 4.84 Å². The van der Waals surface area contributed by atoms with Crippen molar-refractivity contribution in [2.75, 3.05) is 19.3 Å². The summed E-state index contributed by atoms with van der Waals surface area (Å²) in [6.07, 6.45) is -3.95. The molecule has 1 aliphatic carbocycles. The summed E-state index contributed by atoms with van der Waals surface area (Å²) in [6, 6.07) is 6.96. The van der Waals surface area contributed by atoms with Crippen LogP contribution in [0.25, 0.3) is 0 Å². The van der Waals surface area contributed by atoms with E-state index in [0.29, 0.717) is 46.3 Å². The summed E-state index contributed by atoms with van der Waals surface area (Å²) in [6.45, 7) is 1.27. The van der Waals surface area contributed by atoms with Crippen molar-refractivity contribution in [2.45, 2.75) is 37.6 Å². The predicted molar refractivity (Wildman–Crippen MR) is 128 cm³/mol. The van der Waals surface area contributed by atoms with Gasteiger partial charge >= 0.3 is 18.1 Å². The monoisotopic (exact) mass is 598 g/mol. The van der Waals surface area contributed by atoms with Gasteiger partial charge in [-0.3, -0.25) is 9.69 Å². The molecule has 0 atom stereocenters. The number of hydrogen-bond donors (Lipinski definition) is 0. The van der Waals surface area contributed by atoms with E-state index >= 15 is 4.39 Å². The van der Waals surface area contributed by atoms with E-state index in [4.69, 9.17) is 27.9 Å². The Morgan fingerprint density at radius 3 is 2.21 bits per heavy atom. The molecule has 0 aromatic heterocycles. The van der Waals surface area contributed by atoms with E-state index in [1.54, 1.807) is 18.2 Å². The molecule has 2 aromatic rings. The second-order valence-electron chi connectivity index (χ2n) is 9.02. The van der Waals surface area contributed by atoms with Crippen molar-refractivity contribution in [1.29, 1.82) is 0 Å². The third kappa shape index (κ3) is 6.68. The molecule has 2 aromatic carbocycles. The molecule has 1 saturated carbocycles. The number of likely N-dealkylation sites (tertiary alicyclic amines) is 1. The van der Waals surface area contributed by atoms with Crippen LogP contribution in [0.4, 0.5) is 17.6 Å². The Hall–Kier alpha value is -2.61. The Balaban J connectivity index is 1.50. The van der Waals surface area contributed by atoms with Crippen LogP contribution in [0.2, 0.25) is 10.0 Å². The number of alkyl halides is 3. The van der Waals surface area contributed by atoms with E-state index in [1.165, 1.54) is 0 Å². The summed E-state index contributed by atoms with van der Waals surface area (Å²) in [5.41, 5.74) is 0.249. The Morgan fingerprint density at radius 1 is 1.08 bits per heavy atom. The minimum atomic E-state index is -5.58. The molecule has 4 rings (SSSR count). The first-order chi connectivity index (χ1) is 17.6. The van der Waals surface area contributed by atoms with Crippen LogP contribution >= 0.6 is 23.2 Å². The van der Waals surface area contributed by atoms with E-state index in [-0.39, 0.29) is 18.6 Å². The van der Waals surface area contributed by atoms with Gasteiger partial charge in [0.1, 0.15) is 17.7 Å². The first-order valence-corrected chi connectivity index (χ1v) is 13.7. The number of rotatable bonds is 7. The molecule has 206 valence electrons. The molecule has 0 spiro atoms. The zero-order valence-electron chi connectivity index (χ0n) is 19.6. The molecule has 2 fully saturated rings. The number of nitrogens with zero attached hydrogens (tertiary/aromatic N) is 2. The first kappa shape index (κ1) is 28.4. The lowest BCUT2D eigenvalue weighted by atomic mass is 9.97. The third-order valence-corrected chi connectivity index (χ3v) is 7.08. The van der Waals surface area contributed by atoms with E-state index < -0.39 is 43.9 Å². The number of hydrogen-bond acceptors (Lipinski definition) is 7. The Labute approximate surface area is 225 Å². The molecular formula is C23H20Cl2F4N2O6S. The molecule has 2 aliphatic rings. The fraction of sp³-hybridized carbons (Fsp3) is 0.391. The van der Waals surface area contributed by atoms with Crippen molar-refractivity contribution in [2.24, 2.45) is 0 Å². The fourth-order valence-corrected chi connectivity index (χ4v) is 5.06. The van der Waals surface area contributed by atoms with Crippen LogP contribution in [0.3, 0.4) is 0 Å². The zero-order valence-corrected chi connectivity index (χ0v) is 21.9. The van der Waals surface area contributed by atoms with Crippen molar-refractivity contribution >= 4 is 45.1 Å². The maximum Gasteiger partial charge on any atom is 0.493 e. The van der Waals surface area contributed by atoms with Gasteiger partial charge in [-0.25, -0.2) is 17.6 Å². The smallest absolute Gasteiger partial charge is 0.488 e. The van der Waals surface area contributed by atoms with Gasteiger partial charge in [-0.05, 0) is 60.2 Å². The van der Waals surface area contributed by atoms with Gasteiger partial charge in [-0.2, -0.15) is 13.2 Å². The van der Waals surface area contributed by atoms with Gasteiger partial charge in [-0.1, -0.05) is 27.7 Å². The van der Waals surface area contributed by atoms with Crippen molar-refractivity contribution in [3.63, 3.8) is 0 Å². The van der Waals surface area contributed by atoms with Crippen molar-refractivity contribution < 1.29 is 45.1 Å². The zero-order chi connectivity index (χ0) is 28.0. The predicted octanol–water partition coefficient (Wildman–Crippen LogP) is 4.70. The van der Waals surface area contributed by atoms with Crippen LogP contribution in [0, 0.1) is 5.82 Å². The van der Waals surface area contributed by atoms with Gasteiger partial charge in [0, 0.05) is 29.7 Å². The van der Waals surface area contributed by atoms with Gasteiger partial charge in [0.25, 0.3) is 10.0 Å². The van der Waals surface area contributed by atoms with Crippen molar-refractivity contribution in [1.82, 2.24) is 9.37 Å². The molecule has 15 heteroatoms. The SMILES string of the molecule is CS(=O)(=O)N(OC(=O)C(F)(F)F)C(=O)c1cc(C2CC2)c(CN2CC(Oc3cc(Cl)cc(Cl)c3)C2)cc1F. The third-order valence-electron chi connectivity index (χ3n) is 5.80. The largest absolute Gasteiger partial charge is 0.493 e. The van der Waals surface area contributed by atoms with Gasteiger partial charge in [0.05, 0.1) is 11.8 Å². The minimum absolute atomic E-state index is 0.0384. The van der Waals surface area contributed by atoms with Gasteiger partial charge in [-0.15, -0.1) is 0 Å². The van der Waals surface area contributed by atoms with E-state index in [9.17, 15) is 31.2 Å². The molecule has 0 radical (unpaired) electrons. The Kier molecular flexibility index (Phi) is 7.86. The lowest BCUT2D eigenvalue weighted by Gasteiger charge is -2.39. The summed E-state index contributed by atoms with van der Waals surface area (Å²) >= 11 is 12.0. The molecule has 0 N–H and O–H groups in total. The van der Waals surface area contributed by atoms with Crippen LogP contribution in [0.5, 0.6) is 5.75 Å². The Morgan fingerprint density at radius 2 is 1.68 bits per heavy atom. The highest BCUT2D eigenvalue weighted by atomic mass is 35.5. The average molecular weight is 599 g/mol. The first-order valence-electron chi connectivity index (χ1n) is 11.1. The summed E-state index contributed by atoms with van der Waals surface area (Å²) in [4.78, 5) is 29.7. The maximum absolute atomic E-state index is 15.0. The molecule has 0 bridgehead atoms. The number of benzene rings is 2. The van der Waals surface area contributed by atoms with Gasteiger partial charge < -0.3 is 9.57 Å². The number of carbonyl (C=O) groups is 2. The lowest BCUT2D eigenvalue weighted by molar-refractivity contribution is -0.216. The minimum Gasteiger partial charge on any atom is -0.488 e. The van der Waals surface area contributed by atoms with Crippen LogP contribution < -0.4 is 4.74 Å². The number of amides is 1. The van der Waals surface area contributed by atoms with E-state index in [0.717, 1.165) is 25.0 Å².